The molecule has 0 bridgehead atoms. The lowest BCUT2D eigenvalue weighted by Crippen LogP contribution is -2.10. The van der Waals surface area contributed by atoms with Crippen LogP contribution in [0.5, 0.6) is 0 Å². The van der Waals surface area contributed by atoms with Crippen molar-refractivity contribution in [2.24, 2.45) is 0 Å². The predicted octanol–water partition coefficient (Wildman–Crippen LogP) is 2.50. The van der Waals surface area contributed by atoms with E-state index in [9.17, 15) is 14.4 Å². The van der Waals surface area contributed by atoms with Gasteiger partial charge in [0.1, 0.15) is 17.3 Å². The number of ketones is 3. The quantitative estimate of drug-likeness (QED) is 0.343. The molecule has 0 rings (SSSR count). The summed E-state index contributed by atoms with van der Waals surface area (Å²) in [4.78, 5) is 33.8. The zero-order chi connectivity index (χ0) is 15.9. The molecule has 0 saturated carbocycles. The molecule has 0 spiro atoms. The molecule has 0 radical (unpaired) electrons. The smallest absolute Gasteiger partial charge is 0.140 e. The van der Waals surface area contributed by atoms with E-state index in [-0.39, 0.29) is 23.8 Å². The molecular weight excluding hydrogens is 272 g/mol. The van der Waals surface area contributed by atoms with Crippen LogP contribution in [0.3, 0.4) is 0 Å². The Labute approximate surface area is 127 Å². The maximum Gasteiger partial charge on any atom is 0.140 e. The van der Waals surface area contributed by atoms with Crippen LogP contribution in [0.2, 0.25) is 0 Å². The van der Waals surface area contributed by atoms with E-state index in [0.717, 1.165) is 13.0 Å². The third-order valence-electron chi connectivity index (χ3n) is 2.83. The second-order valence-corrected chi connectivity index (χ2v) is 5.14. The highest BCUT2D eigenvalue weighted by molar-refractivity contribution is 5.98. The predicted molar refractivity (Wildman–Crippen MR) is 80.3 cm³/mol. The molecule has 0 saturated heterocycles. The largest absolute Gasteiger partial charge is 0.381 e. The summed E-state index contributed by atoms with van der Waals surface area (Å²) < 4.78 is 10.5. The van der Waals surface area contributed by atoms with Crippen LogP contribution >= 0.6 is 0 Å². The van der Waals surface area contributed by atoms with Crippen molar-refractivity contribution in [3.63, 3.8) is 0 Å². The molecule has 0 fully saturated rings. The Morgan fingerprint density at radius 2 is 1.29 bits per heavy atom. The summed E-state index contributed by atoms with van der Waals surface area (Å²) in [5.41, 5.74) is 0. The van der Waals surface area contributed by atoms with Crippen LogP contribution in [-0.4, -0.2) is 43.8 Å². The van der Waals surface area contributed by atoms with Gasteiger partial charge in [0.05, 0.1) is 13.0 Å². The summed E-state index contributed by atoms with van der Waals surface area (Å²) in [7, 11) is 0. The molecule has 21 heavy (non-hydrogen) atoms. The van der Waals surface area contributed by atoms with E-state index in [1.807, 2.05) is 6.92 Å². The lowest BCUT2D eigenvalue weighted by molar-refractivity contribution is -0.127. The number of hydrogen-bond acceptors (Lipinski definition) is 5. The van der Waals surface area contributed by atoms with E-state index in [2.05, 4.69) is 0 Å². The van der Waals surface area contributed by atoms with Gasteiger partial charge in [-0.05, 0) is 26.2 Å². The van der Waals surface area contributed by atoms with Crippen molar-refractivity contribution in [1.29, 1.82) is 0 Å². The van der Waals surface area contributed by atoms with Crippen LogP contribution in [-0.2, 0) is 23.9 Å². The van der Waals surface area contributed by atoms with Crippen molar-refractivity contribution < 1.29 is 23.9 Å². The molecular formula is C16H28O5. The highest BCUT2D eigenvalue weighted by Gasteiger charge is 2.09. The molecule has 0 aromatic rings. The van der Waals surface area contributed by atoms with Crippen LogP contribution < -0.4 is 0 Å². The standard InChI is InChI=1S/C16H28O5/c1-3-9-20-10-4-6-15(18)13-16(19)7-5-11-21-12-8-14(2)17/h3-13H2,1-2H3. The Balaban J connectivity index is 3.43. The summed E-state index contributed by atoms with van der Waals surface area (Å²) in [5, 5.41) is 0. The van der Waals surface area contributed by atoms with Gasteiger partial charge in [-0.2, -0.15) is 0 Å². The Morgan fingerprint density at radius 3 is 1.76 bits per heavy atom. The number of rotatable bonds is 15. The number of carbonyl (C=O) groups is 3. The summed E-state index contributed by atoms with van der Waals surface area (Å²) in [6, 6.07) is 0. The van der Waals surface area contributed by atoms with Gasteiger partial charge in [-0.15, -0.1) is 0 Å². The normalized spacial score (nSPS) is 10.6. The van der Waals surface area contributed by atoms with Gasteiger partial charge in [0.25, 0.3) is 0 Å². The Morgan fingerprint density at radius 1 is 0.762 bits per heavy atom. The molecule has 0 atom stereocenters. The molecule has 0 heterocycles. The van der Waals surface area contributed by atoms with E-state index in [1.165, 1.54) is 6.92 Å². The van der Waals surface area contributed by atoms with E-state index < -0.39 is 0 Å². The van der Waals surface area contributed by atoms with Gasteiger partial charge in [-0.3, -0.25) is 14.4 Å². The van der Waals surface area contributed by atoms with E-state index >= 15 is 0 Å². The minimum atomic E-state index is -0.0374. The van der Waals surface area contributed by atoms with Gasteiger partial charge in [0.2, 0.25) is 0 Å². The first-order valence-corrected chi connectivity index (χ1v) is 7.74. The van der Waals surface area contributed by atoms with Gasteiger partial charge < -0.3 is 9.47 Å². The van der Waals surface area contributed by atoms with Gasteiger partial charge in [-0.1, -0.05) is 6.92 Å². The zero-order valence-corrected chi connectivity index (χ0v) is 13.3. The van der Waals surface area contributed by atoms with E-state index in [4.69, 9.17) is 9.47 Å². The second kappa shape index (κ2) is 13.9. The number of Topliss-reactive ketones (excluding diaryl/α,β-unsaturated/α-hetero) is 3. The molecule has 0 aliphatic heterocycles. The maximum atomic E-state index is 11.6. The second-order valence-electron chi connectivity index (χ2n) is 5.14. The van der Waals surface area contributed by atoms with Crippen LogP contribution in [0.15, 0.2) is 0 Å². The van der Waals surface area contributed by atoms with E-state index in [1.54, 1.807) is 0 Å². The Bertz CT molecular complexity index is 312. The topological polar surface area (TPSA) is 69.7 Å². The Kier molecular flexibility index (Phi) is 13.2. The van der Waals surface area contributed by atoms with Crippen molar-refractivity contribution in [3.05, 3.63) is 0 Å². The van der Waals surface area contributed by atoms with Gasteiger partial charge in [0.15, 0.2) is 0 Å². The lowest BCUT2D eigenvalue weighted by atomic mass is 10.1. The van der Waals surface area contributed by atoms with Gasteiger partial charge in [-0.25, -0.2) is 0 Å². The first-order chi connectivity index (χ1) is 10.1. The first kappa shape index (κ1) is 19.9. The highest BCUT2D eigenvalue weighted by atomic mass is 16.5. The third-order valence-corrected chi connectivity index (χ3v) is 2.83. The molecule has 0 aliphatic carbocycles. The van der Waals surface area contributed by atoms with Crippen LogP contribution in [0.1, 0.15) is 58.8 Å². The van der Waals surface area contributed by atoms with Crippen molar-refractivity contribution in [3.8, 4) is 0 Å². The number of ether oxygens (including phenoxy) is 2. The fraction of sp³-hybridized carbons (Fsp3) is 0.812. The zero-order valence-electron chi connectivity index (χ0n) is 13.3. The SMILES string of the molecule is CCCOCCCC(=O)CC(=O)CCCOCCC(C)=O. The minimum absolute atomic E-state index is 0.0151. The maximum absolute atomic E-state index is 11.6. The number of carbonyl (C=O) groups excluding carboxylic acids is 3. The summed E-state index contributed by atoms with van der Waals surface area (Å²) in [6.45, 7) is 5.71. The third kappa shape index (κ3) is 15.1. The van der Waals surface area contributed by atoms with Gasteiger partial charge >= 0.3 is 0 Å². The van der Waals surface area contributed by atoms with Crippen LogP contribution in [0.25, 0.3) is 0 Å². The lowest BCUT2D eigenvalue weighted by Gasteiger charge is -2.04. The number of hydrogen-bond donors (Lipinski definition) is 0. The molecule has 5 heteroatoms. The van der Waals surface area contributed by atoms with Crippen molar-refractivity contribution in [2.75, 3.05) is 26.4 Å². The van der Waals surface area contributed by atoms with Crippen molar-refractivity contribution >= 4 is 17.3 Å². The minimum Gasteiger partial charge on any atom is -0.381 e. The molecule has 0 unspecified atom stereocenters. The fourth-order valence-corrected chi connectivity index (χ4v) is 1.70. The molecule has 122 valence electrons. The molecule has 5 nitrogen and oxygen atoms in total. The molecule has 0 aromatic carbocycles. The fourth-order valence-electron chi connectivity index (χ4n) is 1.70. The van der Waals surface area contributed by atoms with Crippen molar-refractivity contribution in [1.82, 2.24) is 0 Å². The monoisotopic (exact) mass is 300 g/mol. The molecule has 0 amide bonds. The summed E-state index contributed by atoms with van der Waals surface area (Å²) in [6.07, 6.45) is 3.45. The highest BCUT2D eigenvalue weighted by Crippen LogP contribution is 2.02. The van der Waals surface area contributed by atoms with Crippen LogP contribution in [0.4, 0.5) is 0 Å². The average molecular weight is 300 g/mol. The van der Waals surface area contributed by atoms with E-state index in [0.29, 0.717) is 51.9 Å². The van der Waals surface area contributed by atoms with Crippen LogP contribution in [0, 0.1) is 0 Å². The van der Waals surface area contributed by atoms with Crippen molar-refractivity contribution in [2.45, 2.75) is 58.8 Å². The summed E-state index contributed by atoms with van der Waals surface area (Å²) in [5.74, 6) is 0.0434. The Hall–Kier alpha value is -1.07. The van der Waals surface area contributed by atoms with Gasteiger partial charge in [0, 0.05) is 39.1 Å². The molecule has 0 N–H and O–H groups in total. The summed E-state index contributed by atoms with van der Waals surface area (Å²) >= 11 is 0. The molecule has 0 aromatic heterocycles. The average Bonchev–Trinajstić information content (AvgIpc) is 2.42. The first-order valence-electron chi connectivity index (χ1n) is 7.74. The molecule has 0 aliphatic rings.